The van der Waals surface area contributed by atoms with Gasteiger partial charge in [0.15, 0.2) is 0 Å². The fraction of sp³-hybridized carbons (Fsp3) is 0.0769. The van der Waals surface area contributed by atoms with Crippen LogP contribution in [0.4, 0.5) is 10.1 Å². The molecule has 2 aromatic carbocycles. The summed E-state index contributed by atoms with van der Waals surface area (Å²) >= 11 is 15.1. The second-order valence-corrected chi connectivity index (χ2v) is 5.47. The molecular weight excluding hydrogens is 340 g/mol. The van der Waals surface area contributed by atoms with Gasteiger partial charge in [0, 0.05) is 26.8 Å². The Hall–Kier alpha value is -0.770. The van der Waals surface area contributed by atoms with E-state index in [2.05, 4.69) is 21.2 Å². The molecule has 0 unspecified atom stereocenters. The van der Waals surface area contributed by atoms with E-state index in [0.717, 1.165) is 10.0 Å². The molecule has 0 atom stereocenters. The zero-order chi connectivity index (χ0) is 13.1. The van der Waals surface area contributed by atoms with Crippen LogP contribution >= 0.6 is 39.1 Å². The van der Waals surface area contributed by atoms with Gasteiger partial charge in [-0.05, 0) is 35.9 Å². The molecule has 94 valence electrons. The fourth-order valence-corrected chi connectivity index (χ4v) is 2.56. The van der Waals surface area contributed by atoms with Gasteiger partial charge in [0.05, 0.1) is 0 Å². The summed E-state index contributed by atoms with van der Waals surface area (Å²) in [5.41, 5.74) is 1.67. The fourth-order valence-electron chi connectivity index (χ4n) is 1.52. The van der Waals surface area contributed by atoms with Crippen LogP contribution in [0.2, 0.25) is 10.0 Å². The van der Waals surface area contributed by atoms with E-state index in [1.165, 1.54) is 12.1 Å². The molecule has 0 aliphatic carbocycles. The molecule has 1 nitrogen and oxygen atoms in total. The van der Waals surface area contributed by atoms with E-state index in [0.29, 0.717) is 22.3 Å². The third kappa shape index (κ3) is 3.61. The Labute approximate surface area is 123 Å². The number of halogens is 4. The third-order valence-electron chi connectivity index (χ3n) is 2.36. The average Bonchev–Trinajstić information content (AvgIpc) is 2.26. The molecule has 0 fully saturated rings. The predicted molar refractivity (Wildman–Crippen MR) is 77.9 cm³/mol. The van der Waals surface area contributed by atoms with Crippen molar-refractivity contribution in [2.24, 2.45) is 0 Å². The summed E-state index contributed by atoms with van der Waals surface area (Å²) in [4.78, 5) is 0. The Balaban J connectivity index is 2.11. The van der Waals surface area contributed by atoms with E-state index >= 15 is 0 Å². The maximum atomic E-state index is 13.1. The Bertz CT molecular complexity index is 555. The SMILES string of the molecule is Fc1cc(Cl)cc(NCc2ccc(Cl)cc2Br)c1. The second kappa shape index (κ2) is 5.91. The van der Waals surface area contributed by atoms with Crippen molar-refractivity contribution in [2.45, 2.75) is 6.54 Å². The summed E-state index contributed by atoms with van der Waals surface area (Å²) in [6, 6.07) is 9.87. The predicted octanol–water partition coefficient (Wildman–Crippen LogP) is 5.51. The topological polar surface area (TPSA) is 12.0 Å². The Morgan fingerprint density at radius 3 is 2.50 bits per heavy atom. The second-order valence-electron chi connectivity index (χ2n) is 3.75. The highest BCUT2D eigenvalue weighted by atomic mass is 79.9. The van der Waals surface area contributed by atoms with Crippen molar-refractivity contribution in [3.05, 3.63) is 62.3 Å². The number of anilines is 1. The van der Waals surface area contributed by atoms with E-state index in [4.69, 9.17) is 23.2 Å². The summed E-state index contributed by atoms with van der Waals surface area (Å²) in [5, 5.41) is 4.14. The van der Waals surface area contributed by atoms with E-state index in [9.17, 15) is 4.39 Å². The maximum absolute atomic E-state index is 13.1. The van der Waals surface area contributed by atoms with Gasteiger partial charge in [-0.25, -0.2) is 4.39 Å². The molecule has 2 rings (SSSR count). The molecule has 0 aromatic heterocycles. The molecule has 0 saturated carbocycles. The molecule has 0 amide bonds. The maximum Gasteiger partial charge on any atom is 0.126 e. The van der Waals surface area contributed by atoms with Gasteiger partial charge in [0.2, 0.25) is 0 Å². The highest BCUT2D eigenvalue weighted by Gasteiger charge is 2.02. The van der Waals surface area contributed by atoms with Crippen LogP contribution in [-0.2, 0) is 6.54 Å². The quantitative estimate of drug-likeness (QED) is 0.771. The van der Waals surface area contributed by atoms with Gasteiger partial charge in [-0.2, -0.15) is 0 Å². The zero-order valence-electron chi connectivity index (χ0n) is 9.18. The first-order chi connectivity index (χ1) is 8.54. The molecule has 0 aliphatic rings. The molecular formula is C13H9BrCl2FN. The van der Waals surface area contributed by atoms with Crippen LogP contribution in [-0.4, -0.2) is 0 Å². The monoisotopic (exact) mass is 347 g/mol. The lowest BCUT2D eigenvalue weighted by atomic mass is 10.2. The molecule has 18 heavy (non-hydrogen) atoms. The van der Waals surface area contributed by atoms with Crippen LogP contribution in [0.15, 0.2) is 40.9 Å². The first-order valence-electron chi connectivity index (χ1n) is 5.18. The normalized spacial score (nSPS) is 10.4. The lowest BCUT2D eigenvalue weighted by Crippen LogP contribution is -2.00. The van der Waals surface area contributed by atoms with Crippen molar-refractivity contribution in [3.8, 4) is 0 Å². The van der Waals surface area contributed by atoms with E-state index in [-0.39, 0.29) is 5.82 Å². The zero-order valence-corrected chi connectivity index (χ0v) is 12.3. The molecule has 0 heterocycles. The van der Waals surface area contributed by atoms with Crippen molar-refractivity contribution in [1.29, 1.82) is 0 Å². The standard InChI is InChI=1S/C13H9BrCl2FN/c14-13-5-9(15)2-1-8(13)7-18-12-4-10(16)3-11(17)6-12/h1-6,18H,7H2. The molecule has 0 spiro atoms. The van der Waals surface area contributed by atoms with E-state index in [1.807, 2.05) is 18.2 Å². The van der Waals surface area contributed by atoms with Crippen molar-refractivity contribution in [1.82, 2.24) is 0 Å². The van der Waals surface area contributed by atoms with Crippen LogP contribution in [0.5, 0.6) is 0 Å². The van der Waals surface area contributed by atoms with Crippen LogP contribution < -0.4 is 5.32 Å². The van der Waals surface area contributed by atoms with Gasteiger partial charge < -0.3 is 5.32 Å². The van der Waals surface area contributed by atoms with Gasteiger partial charge in [0.25, 0.3) is 0 Å². The Kier molecular flexibility index (Phi) is 4.49. The summed E-state index contributed by atoms with van der Waals surface area (Å²) in [7, 11) is 0. The van der Waals surface area contributed by atoms with Crippen molar-refractivity contribution < 1.29 is 4.39 Å². The summed E-state index contributed by atoms with van der Waals surface area (Å²) in [6.45, 7) is 0.553. The Morgan fingerprint density at radius 1 is 1.06 bits per heavy atom. The first kappa shape index (κ1) is 13.7. The Morgan fingerprint density at radius 2 is 1.83 bits per heavy atom. The smallest absolute Gasteiger partial charge is 0.126 e. The minimum Gasteiger partial charge on any atom is -0.381 e. The summed E-state index contributed by atoms with van der Waals surface area (Å²) in [5.74, 6) is -0.361. The largest absolute Gasteiger partial charge is 0.381 e. The van der Waals surface area contributed by atoms with Crippen LogP contribution in [0.25, 0.3) is 0 Å². The highest BCUT2D eigenvalue weighted by Crippen LogP contribution is 2.23. The van der Waals surface area contributed by atoms with Crippen molar-refractivity contribution in [3.63, 3.8) is 0 Å². The molecule has 0 bridgehead atoms. The summed E-state index contributed by atoms with van der Waals surface area (Å²) < 4.78 is 14.0. The minimum atomic E-state index is -0.361. The molecule has 5 heteroatoms. The average molecular weight is 349 g/mol. The lowest BCUT2D eigenvalue weighted by molar-refractivity contribution is 0.628. The van der Waals surface area contributed by atoms with Gasteiger partial charge in [-0.15, -0.1) is 0 Å². The minimum absolute atomic E-state index is 0.361. The highest BCUT2D eigenvalue weighted by molar-refractivity contribution is 9.10. The van der Waals surface area contributed by atoms with Crippen molar-refractivity contribution >= 4 is 44.8 Å². The first-order valence-corrected chi connectivity index (χ1v) is 6.73. The molecule has 0 aliphatic heterocycles. The van der Waals surface area contributed by atoms with E-state index in [1.54, 1.807) is 6.07 Å². The molecule has 2 aromatic rings. The van der Waals surface area contributed by atoms with Crippen LogP contribution in [0.1, 0.15) is 5.56 Å². The molecule has 1 N–H and O–H groups in total. The number of hydrogen-bond acceptors (Lipinski definition) is 1. The number of benzene rings is 2. The number of hydrogen-bond donors (Lipinski definition) is 1. The van der Waals surface area contributed by atoms with Crippen molar-refractivity contribution in [2.75, 3.05) is 5.32 Å². The lowest BCUT2D eigenvalue weighted by Gasteiger charge is -2.09. The van der Waals surface area contributed by atoms with Gasteiger partial charge in [-0.3, -0.25) is 0 Å². The molecule has 0 radical (unpaired) electrons. The van der Waals surface area contributed by atoms with Crippen LogP contribution in [0.3, 0.4) is 0 Å². The van der Waals surface area contributed by atoms with Crippen LogP contribution in [0, 0.1) is 5.82 Å². The summed E-state index contributed by atoms with van der Waals surface area (Å²) in [6.07, 6.45) is 0. The third-order valence-corrected chi connectivity index (χ3v) is 3.55. The molecule has 0 saturated heterocycles. The number of nitrogens with one attached hydrogen (secondary N) is 1. The van der Waals surface area contributed by atoms with E-state index < -0.39 is 0 Å². The van der Waals surface area contributed by atoms with Gasteiger partial charge in [-0.1, -0.05) is 45.2 Å². The van der Waals surface area contributed by atoms with Gasteiger partial charge >= 0.3 is 0 Å². The number of rotatable bonds is 3. The van der Waals surface area contributed by atoms with Gasteiger partial charge in [0.1, 0.15) is 5.82 Å².